The lowest BCUT2D eigenvalue weighted by Crippen LogP contribution is -2.35. The van der Waals surface area contributed by atoms with Gasteiger partial charge in [-0.15, -0.1) is 0 Å². The standard InChI is InChI=1S/C19H18F2N4O3/c1-9-6-13(11(3)28-9)16-8-15(22)19(27)25(24-16)10(2)18(26)23-17-7-12(20)4-5-14(17)21/h4-8,10H,22H2,1-3H3,(H,23,26)/t10-/m0/s1. The van der Waals surface area contributed by atoms with E-state index in [1.165, 1.54) is 13.0 Å². The van der Waals surface area contributed by atoms with Crippen LogP contribution in [0.2, 0.25) is 0 Å². The highest BCUT2D eigenvalue weighted by molar-refractivity contribution is 5.93. The van der Waals surface area contributed by atoms with Gasteiger partial charge in [-0.25, -0.2) is 13.5 Å². The number of aromatic nitrogens is 2. The van der Waals surface area contributed by atoms with Crippen LogP contribution in [0.5, 0.6) is 0 Å². The van der Waals surface area contributed by atoms with Crippen LogP contribution in [-0.4, -0.2) is 15.7 Å². The summed E-state index contributed by atoms with van der Waals surface area (Å²) in [4.78, 5) is 24.9. The highest BCUT2D eigenvalue weighted by atomic mass is 19.1. The maximum atomic E-state index is 13.8. The summed E-state index contributed by atoms with van der Waals surface area (Å²) in [5.74, 6) is -1.04. The number of amides is 1. The van der Waals surface area contributed by atoms with Crippen molar-refractivity contribution in [1.29, 1.82) is 0 Å². The van der Waals surface area contributed by atoms with Crippen LogP contribution in [-0.2, 0) is 4.79 Å². The molecular formula is C19H18F2N4O3. The van der Waals surface area contributed by atoms with E-state index in [2.05, 4.69) is 10.4 Å². The molecule has 0 aliphatic rings. The number of nitrogens with one attached hydrogen (secondary N) is 1. The van der Waals surface area contributed by atoms with Crippen LogP contribution < -0.4 is 16.6 Å². The van der Waals surface area contributed by atoms with Crippen molar-refractivity contribution in [3.8, 4) is 11.3 Å². The quantitative estimate of drug-likeness (QED) is 0.715. The number of benzene rings is 1. The van der Waals surface area contributed by atoms with Gasteiger partial charge >= 0.3 is 0 Å². The van der Waals surface area contributed by atoms with Crippen molar-refractivity contribution in [2.75, 3.05) is 11.1 Å². The second kappa shape index (κ2) is 7.26. The maximum absolute atomic E-state index is 13.8. The Bertz CT molecular complexity index is 1120. The maximum Gasteiger partial charge on any atom is 0.290 e. The van der Waals surface area contributed by atoms with Gasteiger partial charge in [0.05, 0.1) is 11.4 Å². The zero-order chi connectivity index (χ0) is 20.6. The molecular weight excluding hydrogens is 370 g/mol. The van der Waals surface area contributed by atoms with Crippen molar-refractivity contribution < 1.29 is 18.0 Å². The Morgan fingerprint density at radius 3 is 2.61 bits per heavy atom. The van der Waals surface area contributed by atoms with E-state index in [1.54, 1.807) is 19.9 Å². The fourth-order valence-corrected chi connectivity index (χ4v) is 2.75. The molecule has 1 aromatic carbocycles. The average Bonchev–Trinajstić information content (AvgIpc) is 2.98. The number of hydrogen-bond acceptors (Lipinski definition) is 5. The summed E-state index contributed by atoms with van der Waals surface area (Å²) >= 11 is 0. The van der Waals surface area contributed by atoms with Gasteiger partial charge in [-0.3, -0.25) is 9.59 Å². The highest BCUT2D eigenvalue weighted by Gasteiger charge is 2.22. The van der Waals surface area contributed by atoms with Crippen LogP contribution in [0.4, 0.5) is 20.2 Å². The Hall–Kier alpha value is -3.49. The molecule has 0 aliphatic carbocycles. The number of carbonyl (C=O) groups excluding carboxylic acids is 1. The molecule has 0 bridgehead atoms. The van der Waals surface area contributed by atoms with Gasteiger partial charge in [-0.2, -0.15) is 5.10 Å². The third kappa shape index (κ3) is 3.64. The molecule has 3 aromatic rings. The molecule has 2 heterocycles. The second-order valence-corrected chi connectivity index (χ2v) is 6.35. The predicted molar refractivity (Wildman–Crippen MR) is 99.8 cm³/mol. The van der Waals surface area contributed by atoms with Gasteiger partial charge < -0.3 is 15.5 Å². The van der Waals surface area contributed by atoms with Gasteiger partial charge in [0.1, 0.15) is 34.9 Å². The van der Waals surface area contributed by atoms with Crippen LogP contribution in [0, 0.1) is 25.5 Å². The number of nitrogens with two attached hydrogens (primary N) is 1. The molecule has 1 atom stereocenters. The Morgan fingerprint density at radius 1 is 1.25 bits per heavy atom. The SMILES string of the molecule is Cc1cc(-c2cc(N)c(=O)n([C@@H](C)C(=O)Nc3cc(F)ccc3F)n2)c(C)o1. The van der Waals surface area contributed by atoms with Gasteiger partial charge in [0.15, 0.2) is 0 Å². The van der Waals surface area contributed by atoms with Crippen molar-refractivity contribution in [1.82, 2.24) is 9.78 Å². The Labute approximate surface area is 158 Å². The van der Waals surface area contributed by atoms with Crippen LogP contribution in [0.25, 0.3) is 11.3 Å². The van der Waals surface area contributed by atoms with E-state index in [-0.39, 0.29) is 11.4 Å². The molecule has 0 spiro atoms. The van der Waals surface area contributed by atoms with Crippen LogP contribution in [0.3, 0.4) is 0 Å². The van der Waals surface area contributed by atoms with E-state index in [1.807, 2.05) is 0 Å². The van der Waals surface area contributed by atoms with Crippen molar-refractivity contribution in [2.45, 2.75) is 26.8 Å². The molecule has 0 fully saturated rings. The van der Waals surface area contributed by atoms with E-state index in [9.17, 15) is 18.4 Å². The average molecular weight is 388 g/mol. The number of rotatable bonds is 4. The minimum atomic E-state index is -1.13. The number of furan rings is 1. The molecule has 0 unspecified atom stereocenters. The fraction of sp³-hybridized carbons (Fsp3) is 0.211. The lowest BCUT2D eigenvalue weighted by molar-refractivity contribution is -0.119. The first-order valence-corrected chi connectivity index (χ1v) is 8.40. The molecule has 0 aliphatic heterocycles. The molecule has 1 amide bonds. The van der Waals surface area contributed by atoms with Gasteiger partial charge in [0.25, 0.3) is 5.56 Å². The van der Waals surface area contributed by atoms with Gasteiger partial charge in [-0.1, -0.05) is 0 Å². The van der Waals surface area contributed by atoms with Crippen molar-refractivity contribution >= 4 is 17.3 Å². The van der Waals surface area contributed by atoms with E-state index in [0.717, 1.165) is 22.9 Å². The summed E-state index contributed by atoms with van der Waals surface area (Å²) in [5.41, 5.74) is 5.66. The summed E-state index contributed by atoms with van der Waals surface area (Å²) in [7, 11) is 0. The summed E-state index contributed by atoms with van der Waals surface area (Å²) in [6.45, 7) is 4.90. The number of nitrogens with zero attached hydrogens (tertiary/aromatic N) is 2. The summed E-state index contributed by atoms with van der Waals surface area (Å²) in [6.07, 6.45) is 0. The second-order valence-electron chi connectivity index (χ2n) is 6.35. The van der Waals surface area contributed by atoms with E-state index in [0.29, 0.717) is 22.8 Å². The largest absolute Gasteiger partial charge is 0.466 e. The molecule has 7 nitrogen and oxygen atoms in total. The van der Waals surface area contributed by atoms with E-state index < -0.39 is 29.1 Å². The first-order valence-electron chi connectivity index (χ1n) is 8.40. The predicted octanol–water partition coefficient (Wildman–Crippen LogP) is 3.18. The Kier molecular flexibility index (Phi) is 5.00. The minimum Gasteiger partial charge on any atom is -0.466 e. The summed E-state index contributed by atoms with van der Waals surface area (Å²) < 4.78 is 33.5. The zero-order valence-corrected chi connectivity index (χ0v) is 15.4. The number of hydrogen-bond donors (Lipinski definition) is 2. The van der Waals surface area contributed by atoms with Gasteiger partial charge in [0, 0.05) is 11.6 Å². The molecule has 28 heavy (non-hydrogen) atoms. The van der Waals surface area contributed by atoms with Crippen LogP contribution in [0.15, 0.2) is 39.5 Å². The minimum absolute atomic E-state index is 0.111. The molecule has 3 rings (SSSR count). The van der Waals surface area contributed by atoms with Crippen molar-refractivity contribution in [3.05, 3.63) is 63.8 Å². The molecule has 3 N–H and O–H groups in total. The number of aryl methyl sites for hydroxylation is 2. The molecule has 0 radical (unpaired) electrons. The highest BCUT2D eigenvalue weighted by Crippen LogP contribution is 2.25. The monoisotopic (exact) mass is 388 g/mol. The molecule has 146 valence electrons. The Balaban J connectivity index is 1.98. The third-order valence-electron chi connectivity index (χ3n) is 4.21. The lowest BCUT2D eigenvalue weighted by atomic mass is 10.1. The normalized spacial score (nSPS) is 12.0. The summed E-state index contributed by atoms with van der Waals surface area (Å²) in [5, 5.41) is 6.47. The molecule has 0 saturated carbocycles. The molecule has 9 heteroatoms. The number of halogens is 2. The molecule has 2 aromatic heterocycles. The summed E-state index contributed by atoms with van der Waals surface area (Å²) in [6, 6.07) is 4.66. The molecule has 0 saturated heterocycles. The van der Waals surface area contributed by atoms with E-state index >= 15 is 0 Å². The number of carbonyl (C=O) groups is 1. The third-order valence-corrected chi connectivity index (χ3v) is 4.21. The lowest BCUT2D eigenvalue weighted by Gasteiger charge is -2.16. The fourth-order valence-electron chi connectivity index (χ4n) is 2.75. The number of anilines is 2. The van der Waals surface area contributed by atoms with Crippen molar-refractivity contribution in [3.63, 3.8) is 0 Å². The topological polar surface area (TPSA) is 103 Å². The zero-order valence-electron chi connectivity index (χ0n) is 15.4. The first-order chi connectivity index (χ1) is 13.2. The van der Waals surface area contributed by atoms with Crippen LogP contribution in [0.1, 0.15) is 24.5 Å². The smallest absolute Gasteiger partial charge is 0.290 e. The van der Waals surface area contributed by atoms with Gasteiger partial charge in [-0.05, 0) is 45.0 Å². The Morgan fingerprint density at radius 2 is 1.96 bits per heavy atom. The van der Waals surface area contributed by atoms with Crippen LogP contribution >= 0.6 is 0 Å². The first kappa shape index (κ1) is 19.3. The van der Waals surface area contributed by atoms with E-state index in [4.69, 9.17) is 10.2 Å². The number of nitrogen functional groups attached to an aromatic ring is 1. The van der Waals surface area contributed by atoms with Gasteiger partial charge in [0.2, 0.25) is 5.91 Å². The van der Waals surface area contributed by atoms with Crippen molar-refractivity contribution in [2.24, 2.45) is 0 Å².